The highest BCUT2D eigenvalue weighted by molar-refractivity contribution is 6.31. The molecule has 1 aromatic heterocycles. The van der Waals surface area contributed by atoms with Crippen LogP contribution in [0.2, 0.25) is 5.02 Å². The van der Waals surface area contributed by atoms with Crippen molar-refractivity contribution in [1.29, 1.82) is 0 Å². The molecule has 0 saturated carbocycles. The molecule has 1 aromatic rings. The van der Waals surface area contributed by atoms with Gasteiger partial charge in [-0.3, -0.25) is 0 Å². The predicted molar refractivity (Wildman–Crippen MR) is 38.6 cm³/mol. The molecule has 0 radical (unpaired) electrons. The van der Waals surface area contributed by atoms with Crippen LogP contribution in [-0.4, -0.2) is 4.98 Å². The third-order valence-electron chi connectivity index (χ3n) is 1.19. The first-order valence-corrected chi connectivity index (χ1v) is 3.29. The molecule has 12 heavy (non-hydrogen) atoms. The van der Waals surface area contributed by atoms with Crippen molar-refractivity contribution >= 4 is 17.3 Å². The highest BCUT2D eigenvalue weighted by Crippen LogP contribution is 2.27. The molecule has 0 aromatic carbocycles. The summed E-state index contributed by atoms with van der Waals surface area (Å²) < 4.78 is 36.5. The van der Waals surface area contributed by atoms with Crippen LogP contribution in [0.15, 0.2) is 6.07 Å². The van der Waals surface area contributed by atoms with Crippen molar-refractivity contribution in [2.45, 2.75) is 6.43 Å². The number of nitrogens with zero attached hydrogens (tertiary/aromatic N) is 1. The summed E-state index contributed by atoms with van der Waals surface area (Å²) in [7, 11) is 0. The lowest BCUT2D eigenvalue weighted by molar-refractivity contribution is 0.145. The Morgan fingerprint density at radius 3 is 2.58 bits per heavy atom. The number of alkyl halides is 2. The minimum atomic E-state index is -2.90. The number of hydrogen-bond donors (Lipinski definition) is 1. The molecule has 0 aliphatic rings. The van der Waals surface area contributed by atoms with Crippen molar-refractivity contribution < 1.29 is 13.2 Å². The Labute approximate surface area is 71.2 Å². The minimum Gasteiger partial charge on any atom is -0.395 e. The lowest BCUT2D eigenvalue weighted by Crippen LogP contribution is -1.99. The summed E-state index contributed by atoms with van der Waals surface area (Å²) in [6.45, 7) is 0. The van der Waals surface area contributed by atoms with Crippen LogP contribution >= 0.6 is 11.6 Å². The zero-order valence-electron chi connectivity index (χ0n) is 5.69. The Morgan fingerprint density at radius 1 is 1.50 bits per heavy atom. The van der Waals surface area contributed by atoms with Crippen molar-refractivity contribution in [3.05, 3.63) is 22.7 Å². The molecule has 1 heterocycles. The van der Waals surface area contributed by atoms with Gasteiger partial charge in [-0.1, -0.05) is 11.6 Å². The first kappa shape index (κ1) is 9.12. The van der Waals surface area contributed by atoms with Crippen molar-refractivity contribution in [2.75, 3.05) is 5.73 Å². The van der Waals surface area contributed by atoms with Gasteiger partial charge in [-0.25, -0.2) is 13.8 Å². The van der Waals surface area contributed by atoms with Crippen LogP contribution in [0.25, 0.3) is 0 Å². The summed E-state index contributed by atoms with van der Waals surface area (Å²) in [5.74, 6) is -1.13. The Balaban J connectivity index is 3.23. The third kappa shape index (κ3) is 1.61. The van der Waals surface area contributed by atoms with Crippen LogP contribution < -0.4 is 5.73 Å². The van der Waals surface area contributed by atoms with E-state index in [1.54, 1.807) is 0 Å². The molecule has 2 nitrogen and oxygen atoms in total. The quantitative estimate of drug-likeness (QED) is 0.701. The highest BCUT2D eigenvalue weighted by Gasteiger charge is 2.16. The van der Waals surface area contributed by atoms with E-state index in [0.717, 1.165) is 6.07 Å². The normalized spacial score (nSPS) is 10.8. The van der Waals surface area contributed by atoms with Crippen molar-refractivity contribution in [3.8, 4) is 0 Å². The van der Waals surface area contributed by atoms with Gasteiger partial charge in [0, 0.05) is 0 Å². The average Bonchev–Trinajstić information content (AvgIpc) is 1.96. The monoisotopic (exact) mass is 196 g/mol. The van der Waals surface area contributed by atoms with E-state index in [0.29, 0.717) is 0 Å². The Hall–Kier alpha value is -0.970. The van der Waals surface area contributed by atoms with Crippen molar-refractivity contribution in [2.24, 2.45) is 0 Å². The first-order valence-electron chi connectivity index (χ1n) is 2.92. The van der Waals surface area contributed by atoms with E-state index in [1.807, 2.05) is 0 Å². The molecule has 0 unspecified atom stereocenters. The van der Waals surface area contributed by atoms with Gasteiger partial charge in [-0.05, 0) is 6.07 Å². The van der Waals surface area contributed by atoms with Gasteiger partial charge >= 0.3 is 0 Å². The maximum atomic E-state index is 12.5. The maximum Gasteiger partial charge on any atom is 0.281 e. The molecule has 0 amide bonds. The van der Waals surface area contributed by atoms with Crippen LogP contribution in [-0.2, 0) is 0 Å². The summed E-state index contributed by atoms with van der Waals surface area (Å²) >= 11 is 5.31. The van der Waals surface area contributed by atoms with Gasteiger partial charge < -0.3 is 5.73 Å². The van der Waals surface area contributed by atoms with Gasteiger partial charge in [0.05, 0.1) is 10.7 Å². The molecule has 6 heteroatoms. The SMILES string of the molecule is Nc1cc(Cl)c(C(F)F)nc1F. The molecule has 2 N–H and O–H groups in total. The number of anilines is 1. The third-order valence-corrected chi connectivity index (χ3v) is 1.49. The van der Waals surface area contributed by atoms with E-state index in [2.05, 4.69) is 4.98 Å². The van der Waals surface area contributed by atoms with E-state index in [1.165, 1.54) is 0 Å². The molecular weight excluding hydrogens is 193 g/mol. The summed E-state index contributed by atoms with van der Waals surface area (Å²) in [4.78, 5) is 2.90. The average molecular weight is 197 g/mol. The van der Waals surface area contributed by atoms with Gasteiger partial charge in [-0.15, -0.1) is 0 Å². The molecule has 1 rings (SSSR count). The van der Waals surface area contributed by atoms with Crippen LogP contribution in [0.1, 0.15) is 12.1 Å². The fraction of sp³-hybridized carbons (Fsp3) is 0.167. The lowest BCUT2D eigenvalue weighted by Gasteiger charge is -2.02. The predicted octanol–water partition coefficient (Wildman–Crippen LogP) is 2.39. The number of hydrogen-bond acceptors (Lipinski definition) is 2. The summed E-state index contributed by atoms with van der Waals surface area (Å²) in [5, 5.41) is -0.330. The Bertz CT molecular complexity index is 303. The number of nitrogen functional groups attached to an aromatic ring is 1. The molecule has 0 fully saturated rings. The van der Waals surface area contributed by atoms with E-state index < -0.39 is 18.1 Å². The standard InChI is InChI=1S/C6H4ClF3N2/c7-2-1-3(11)6(10)12-4(2)5(8)9/h1,5H,11H2. The van der Waals surface area contributed by atoms with Crippen LogP contribution in [0, 0.1) is 5.95 Å². The number of pyridine rings is 1. The first-order chi connectivity index (χ1) is 5.52. The summed E-state index contributed by atoms with van der Waals surface area (Å²) in [6.07, 6.45) is -2.90. The zero-order valence-corrected chi connectivity index (χ0v) is 6.45. The Morgan fingerprint density at radius 2 is 2.08 bits per heavy atom. The fourth-order valence-corrected chi connectivity index (χ4v) is 0.889. The molecule has 0 aliphatic carbocycles. The van der Waals surface area contributed by atoms with Gasteiger partial charge in [0.1, 0.15) is 5.69 Å². The van der Waals surface area contributed by atoms with Gasteiger partial charge in [-0.2, -0.15) is 4.39 Å². The fourth-order valence-electron chi connectivity index (χ4n) is 0.647. The second kappa shape index (κ2) is 3.18. The molecule has 0 spiro atoms. The molecule has 0 saturated heterocycles. The second-order valence-electron chi connectivity index (χ2n) is 2.04. The van der Waals surface area contributed by atoms with Crippen LogP contribution in [0.5, 0.6) is 0 Å². The van der Waals surface area contributed by atoms with Gasteiger partial charge in [0.2, 0.25) is 5.95 Å². The van der Waals surface area contributed by atoms with E-state index in [4.69, 9.17) is 17.3 Å². The van der Waals surface area contributed by atoms with Crippen molar-refractivity contribution in [3.63, 3.8) is 0 Å². The molecule has 0 bridgehead atoms. The molecule has 0 aliphatic heterocycles. The largest absolute Gasteiger partial charge is 0.395 e. The van der Waals surface area contributed by atoms with Crippen molar-refractivity contribution in [1.82, 2.24) is 4.98 Å². The van der Waals surface area contributed by atoms with Crippen LogP contribution in [0.3, 0.4) is 0 Å². The number of halogens is 4. The summed E-state index contributed by atoms with van der Waals surface area (Å²) in [6, 6.07) is 0.908. The van der Waals surface area contributed by atoms with E-state index >= 15 is 0 Å². The molecule has 0 atom stereocenters. The number of aromatic nitrogens is 1. The molecule has 66 valence electrons. The number of nitrogens with two attached hydrogens (primary N) is 1. The van der Waals surface area contributed by atoms with E-state index in [-0.39, 0.29) is 10.7 Å². The second-order valence-corrected chi connectivity index (χ2v) is 2.44. The topological polar surface area (TPSA) is 38.9 Å². The zero-order chi connectivity index (χ0) is 9.30. The smallest absolute Gasteiger partial charge is 0.281 e. The molecular formula is C6H4ClF3N2. The lowest BCUT2D eigenvalue weighted by atomic mass is 10.3. The van der Waals surface area contributed by atoms with Crippen LogP contribution in [0.4, 0.5) is 18.9 Å². The minimum absolute atomic E-state index is 0.330. The Kier molecular flexibility index (Phi) is 2.42. The van der Waals surface area contributed by atoms with Gasteiger partial charge in [0.15, 0.2) is 0 Å². The summed E-state index contributed by atoms with van der Waals surface area (Å²) in [5.41, 5.74) is 3.89. The van der Waals surface area contributed by atoms with Gasteiger partial charge in [0.25, 0.3) is 6.43 Å². The van der Waals surface area contributed by atoms with E-state index in [9.17, 15) is 13.2 Å². The maximum absolute atomic E-state index is 12.5. The highest BCUT2D eigenvalue weighted by atomic mass is 35.5. The number of rotatable bonds is 1.